The van der Waals surface area contributed by atoms with Crippen molar-refractivity contribution in [2.24, 2.45) is 0 Å². The lowest BCUT2D eigenvalue weighted by molar-refractivity contribution is 0.130. The van der Waals surface area contributed by atoms with Crippen LogP contribution in [0.2, 0.25) is 5.02 Å². The highest BCUT2D eigenvalue weighted by atomic mass is 35.5. The molecule has 0 fully saturated rings. The van der Waals surface area contributed by atoms with Crippen LogP contribution in [0.25, 0.3) is 11.1 Å². The first-order valence-electron chi connectivity index (χ1n) is 7.02. The number of rotatable bonds is 1. The molecule has 0 amide bonds. The zero-order valence-corrected chi connectivity index (χ0v) is 12.4. The van der Waals surface area contributed by atoms with Crippen molar-refractivity contribution in [2.75, 3.05) is 0 Å². The van der Waals surface area contributed by atoms with Gasteiger partial charge >= 0.3 is 0 Å². The Kier molecular flexibility index (Phi) is 2.80. The Morgan fingerprint density at radius 3 is 2.23 bits per heavy atom. The number of hydrogen-bond acceptors (Lipinski definition) is 2. The van der Waals surface area contributed by atoms with Crippen LogP contribution in [0, 0.1) is 0 Å². The predicted molar refractivity (Wildman–Crippen MR) is 87.1 cm³/mol. The third kappa shape index (κ3) is 1.71. The van der Waals surface area contributed by atoms with Gasteiger partial charge in [-0.25, -0.2) is 0 Å². The summed E-state index contributed by atoms with van der Waals surface area (Å²) in [6, 6.07) is 20.0. The van der Waals surface area contributed by atoms with Crippen LogP contribution < -0.4 is 0 Å². The fraction of sp³-hybridized carbons (Fsp3) is 0.0526. The zero-order chi connectivity index (χ0) is 15.3. The summed E-state index contributed by atoms with van der Waals surface area (Å²) >= 11 is 5.97. The Morgan fingerprint density at radius 2 is 1.45 bits per heavy atom. The first-order valence-corrected chi connectivity index (χ1v) is 7.40. The molecule has 2 N–H and O–H groups in total. The first-order chi connectivity index (χ1) is 10.6. The standard InChI is InChI=1S/C19H13ClO2/c20-13-7-5-12(6-8-13)19(22)17-4-2-1-3-15(17)16-10-9-14(21)11-18(16)19/h1-11,21-22H. The van der Waals surface area contributed by atoms with Gasteiger partial charge in [-0.2, -0.15) is 0 Å². The second-order valence-electron chi connectivity index (χ2n) is 5.49. The molecule has 0 heterocycles. The lowest BCUT2D eigenvalue weighted by Gasteiger charge is -2.26. The maximum Gasteiger partial charge on any atom is 0.141 e. The molecule has 0 bridgehead atoms. The molecule has 22 heavy (non-hydrogen) atoms. The molecule has 0 saturated carbocycles. The zero-order valence-electron chi connectivity index (χ0n) is 11.6. The number of aromatic hydroxyl groups is 1. The maximum atomic E-state index is 11.5. The van der Waals surface area contributed by atoms with Gasteiger partial charge in [-0.05, 0) is 41.0 Å². The topological polar surface area (TPSA) is 40.5 Å². The molecule has 1 aliphatic carbocycles. The van der Waals surface area contributed by atoms with Crippen LogP contribution in [0.3, 0.4) is 0 Å². The van der Waals surface area contributed by atoms with Crippen LogP contribution in [0.1, 0.15) is 16.7 Å². The number of halogens is 1. The SMILES string of the molecule is Oc1ccc2c(c1)C(O)(c1ccc(Cl)cc1)c1ccccc1-2. The summed E-state index contributed by atoms with van der Waals surface area (Å²) < 4.78 is 0. The van der Waals surface area contributed by atoms with Crippen molar-refractivity contribution in [2.45, 2.75) is 5.60 Å². The summed E-state index contributed by atoms with van der Waals surface area (Å²) in [5.74, 6) is 0.138. The Labute approximate surface area is 133 Å². The van der Waals surface area contributed by atoms with E-state index in [2.05, 4.69) is 0 Å². The minimum absolute atomic E-state index is 0.138. The van der Waals surface area contributed by atoms with Crippen molar-refractivity contribution >= 4 is 11.6 Å². The molecule has 0 saturated heterocycles. The highest BCUT2D eigenvalue weighted by Gasteiger charge is 2.43. The number of aliphatic hydroxyl groups is 1. The van der Waals surface area contributed by atoms with Crippen molar-refractivity contribution in [3.8, 4) is 16.9 Å². The molecular weight excluding hydrogens is 296 g/mol. The molecule has 0 spiro atoms. The fourth-order valence-electron chi connectivity index (χ4n) is 3.25. The largest absolute Gasteiger partial charge is 0.508 e. The second-order valence-corrected chi connectivity index (χ2v) is 5.93. The van der Waals surface area contributed by atoms with Gasteiger partial charge < -0.3 is 10.2 Å². The highest BCUT2D eigenvalue weighted by molar-refractivity contribution is 6.30. The van der Waals surface area contributed by atoms with Crippen molar-refractivity contribution < 1.29 is 10.2 Å². The lowest BCUT2D eigenvalue weighted by Crippen LogP contribution is -2.26. The second kappa shape index (κ2) is 4.60. The normalized spacial score (nSPS) is 18.8. The van der Waals surface area contributed by atoms with Gasteiger partial charge in [-0.3, -0.25) is 0 Å². The monoisotopic (exact) mass is 308 g/mol. The minimum atomic E-state index is -1.28. The molecule has 3 aromatic rings. The number of hydrogen-bond donors (Lipinski definition) is 2. The molecule has 2 nitrogen and oxygen atoms in total. The Balaban J connectivity index is 2.07. The van der Waals surface area contributed by atoms with E-state index >= 15 is 0 Å². The molecule has 3 aromatic carbocycles. The Hall–Kier alpha value is -2.29. The third-order valence-electron chi connectivity index (χ3n) is 4.26. The van der Waals surface area contributed by atoms with Crippen molar-refractivity contribution in [1.29, 1.82) is 0 Å². The Bertz CT molecular complexity index is 871. The summed E-state index contributed by atoms with van der Waals surface area (Å²) in [4.78, 5) is 0. The van der Waals surface area contributed by atoms with Crippen LogP contribution in [0.15, 0.2) is 66.7 Å². The third-order valence-corrected chi connectivity index (χ3v) is 4.51. The smallest absolute Gasteiger partial charge is 0.141 e. The minimum Gasteiger partial charge on any atom is -0.508 e. The van der Waals surface area contributed by atoms with E-state index < -0.39 is 5.60 Å². The molecule has 0 aliphatic heterocycles. The molecule has 1 atom stereocenters. The van der Waals surface area contributed by atoms with Gasteiger partial charge in [0.2, 0.25) is 0 Å². The molecule has 3 heteroatoms. The molecule has 108 valence electrons. The number of fused-ring (bicyclic) bond motifs is 3. The summed E-state index contributed by atoms with van der Waals surface area (Å²) in [7, 11) is 0. The van der Waals surface area contributed by atoms with E-state index in [9.17, 15) is 10.2 Å². The van der Waals surface area contributed by atoms with E-state index in [0.717, 1.165) is 22.3 Å². The quantitative estimate of drug-likeness (QED) is 0.703. The van der Waals surface area contributed by atoms with Gasteiger partial charge in [0.25, 0.3) is 0 Å². The molecular formula is C19H13ClO2. The van der Waals surface area contributed by atoms with Gasteiger partial charge in [0.05, 0.1) is 0 Å². The van der Waals surface area contributed by atoms with Crippen LogP contribution in [0.5, 0.6) is 5.75 Å². The van der Waals surface area contributed by atoms with Crippen molar-refractivity contribution in [3.63, 3.8) is 0 Å². The maximum absolute atomic E-state index is 11.5. The van der Waals surface area contributed by atoms with E-state index in [1.165, 1.54) is 0 Å². The number of benzene rings is 3. The number of phenols is 1. The first kappa shape index (κ1) is 13.4. The Morgan fingerprint density at radius 1 is 0.773 bits per heavy atom. The van der Waals surface area contributed by atoms with Crippen LogP contribution >= 0.6 is 11.6 Å². The van der Waals surface area contributed by atoms with Crippen LogP contribution in [0.4, 0.5) is 0 Å². The average molecular weight is 309 g/mol. The fourth-order valence-corrected chi connectivity index (χ4v) is 3.37. The van der Waals surface area contributed by atoms with Gasteiger partial charge in [-0.1, -0.05) is 54.1 Å². The van der Waals surface area contributed by atoms with Crippen LogP contribution in [-0.2, 0) is 5.60 Å². The molecule has 4 rings (SSSR count). The predicted octanol–water partition coefficient (Wildman–Crippen LogP) is 4.31. The van der Waals surface area contributed by atoms with Gasteiger partial charge in [0.1, 0.15) is 11.4 Å². The lowest BCUT2D eigenvalue weighted by atomic mass is 9.84. The molecule has 1 unspecified atom stereocenters. The molecule has 0 aromatic heterocycles. The van der Waals surface area contributed by atoms with E-state index in [1.807, 2.05) is 42.5 Å². The summed E-state index contributed by atoms with van der Waals surface area (Å²) in [6.45, 7) is 0. The van der Waals surface area contributed by atoms with Gasteiger partial charge in [-0.15, -0.1) is 0 Å². The van der Waals surface area contributed by atoms with Crippen molar-refractivity contribution in [1.82, 2.24) is 0 Å². The van der Waals surface area contributed by atoms with E-state index in [4.69, 9.17) is 11.6 Å². The average Bonchev–Trinajstić information content (AvgIpc) is 2.79. The highest BCUT2D eigenvalue weighted by Crippen LogP contribution is 2.51. The van der Waals surface area contributed by atoms with Crippen molar-refractivity contribution in [3.05, 3.63) is 88.4 Å². The number of phenolic OH excluding ortho intramolecular Hbond substituents is 1. The summed E-state index contributed by atoms with van der Waals surface area (Å²) in [5.41, 5.74) is 2.87. The summed E-state index contributed by atoms with van der Waals surface area (Å²) in [6.07, 6.45) is 0. The molecule has 1 aliphatic rings. The summed E-state index contributed by atoms with van der Waals surface area (Å²) in [5, 5.41) is 22.0. The van der Waals surface area contributed by atoms with E-state index in [-0.39, 0.29) is 5.75 Å². The van der Waals surface area contributed by atoms with E-state index in [0.29, 0.717) is 10.6 Å². The van der Waals surface area contributed by atoms with Crippen LogP contribution in [-0.4, -0.2) is 10.2 Å². The van der Waals surface area contributed by atoms with Gasteiger partial charge in [0, 0.05) is 16.1 Å². The van der Waals surface area contributed by atoms with E-state index in [1.54, 1.807) is 24.3 Å². The molecule has 0 radical (unpaired) electrons. The van der Waals surface area contributed by atoms with Gasteiger partial charge in [0.15, 0.2) is 0 Å².